The lowest BCUT2D eigenvalue weighted by Gasteiger charge is -2.40. The summed E-state index contributed by atoms with van der Waals surface area (Å²) in [5.74, 6) is 0.265. The molecule has 2 bridgehead atoms. The van der Waals surface area contributed by atoms with Crippen LogP contribution in [0, 0.1) is 5.92 Å². The molecule has 2 saturated heterocycles. The Morgan fingerprint density at radius 2 is 2.19 bits per heavy atom. The Balaban J connectivity index is 2.00. The Hall–Kier alpha value is -0.830. The van der Waals surface area contributed by atoms with Crippen LogP contribution in [-0.4, -0.2) is 36.1 Å². The van der Waals surface area contributed by atoms with Crippen LogP contribution in [0.15, 0.2) is 12.2 Å². The Morgan fingerprint density at radius 1 is 1.44 bits per heavy atom. The van der Waals surface area contributed by atoms with Crippen LogP contribution < -0.4 is 0 Å². The number of ether oxygens (including phenoxy) is 1. The van der Waals surface area contributed by atoms with Crippen molar-refractivity contribution < 1.29 is 9.53 Å². The van der Waals surface area contributed by atoms with E-state index < -0.39 is 0 Å². The van der Waals surface area contributed by atoms with Gasteiger partial charge in [0.15, 0.2) is 0 Å². The average Bonchev–Trinajstić information content (AvgIpc) is 2.49. The van der Waals surface area contributed by atoms with Crippen LogP contribution in [-0.2, 0) is 9.53 Å². The molecule has 4 atom stereocenters. The van der Waals surface area contributed by atoms with E-state index in [1.54, 1.807) is 6.08 Å². The van der Waals surface area contributed by atoms with Gasteiger partial charge in [-0.15, -0.1) is 0 Å². The van der Waals surface area contributed by atoms with E-state index in [-0.39, 0.29) is 12.1 Å². The smallest absolute Gasteiger partial charge is 0.330 e. The third-order valence-corrected chi connectivity index (χ3v) is 4.16. The molecule has 2 rings (SSSR count). The molecular weight excluding hydrogens is 202 g/mol. The molecule has 3 heteroatoms. The van der Waals surface area contributed by atoms with E-state index in [0.717, 1.165) is 6.42 Å². The number of carbonyl (C=O) groups is 1. The fraction of sp³-hybridized carbons (Fsp3) is 0.769. The number of piperidine rings is 1. The van der Waals surface area contributed by atoms with Gasteiger partial charge in [-0.3, -0.25) is 4.90 Å². The molecule has 2 heterocycles. The number of hydrogen-bond donors (Lipinski definition) is 0. The zero-order valence-corrected chi connectivity index (χ0v) is 10.3. The summed E-state index contributed by atoms with van der Waals surface area (Å²) in [7, 11) is 2.20. The maximum Gasteiger partial charge on any atom is 0.330 e. The number of esters is 1. The van der Waals surface area contributed by atoms with Gasteiger partial charge in [0.2, 0.25) is 0 Å². The summed E-state index contributed by atoms with van der Waals surface area (Å²) in [6.45, 7) is 4.04. The highest BCUT2D eigenvalue weighted by molar-refractivity contribution is 5.81. The van der Waals surface area contributed by atoms with Crippen molar-refractivity contribution >= 4 is 5.97 Å². The maximum atomic E-state index is 11.4. The third-order valence-electron chi connectivity index (χ3n) is 4.16. The molecule has 0 spiro atoms. The number of carbonyl (C=O) groups excluding carboxylic acids is 1. The van der Waals surface area contributed by atoms with Gasteiger partial charge in [-0.25, -0.2) is 4.79 Å². The van der Waals surface area contributed by atoms with Crippen LogP contribution in [0.5, 0.6) is 0 Å². The summed E-state index contributed by atoms with van der Waals surface area (Å²) >= 11 is 0. The van der Waals surface area contributed by atoms with Crippen LogP contribution in [0.3, 0.4) is 0 Å². The zero-order chi connectivity index (χ0) is 11.7. The first-order valence-electron chi connectivity index (χ1n) is 6.18. The molecule has 3 nitrogen and oxygen atoms in total. The van der Waals surface area contributed by atoms with E-state index in [1.807, 2.05) is 6.92 Å². The van der Waals surface area contributed by atoms with E-state index in [9.17, 15) is 4.79 Å². The van der Waals surface area contributed by atoms with E-state index >= 15 is 0 Å². The van der Waals surface area contributed by atoms with Gasteiger partial charge in [0, 0.05) is 30.5 Å². The molecular formula is C13H21NO2. The van der Waals surface area contributed by atoms with Gasteiger partial charge in [-0.1, -0.05) is 13.0 Å². The molecule has 0 radical (unpaired) electrons. The van der Waals surface area contributed by atoms with Crippen LogP contribution in [0.4, 0.5) is 0 Å². The van der Waals surface area contributed by atoms with Crippen molar-refractivity contribution in [1.82, 2.24) is 4.90 Å². The molecule has 0 aliphatic carbocycles. The Morgan fingerprint density at radius 3 is 2.88 bits per heavy atom. The van der Waals surface area contributed by atoms with E-state index in [1.165, 1.54) is 18.9 Å². The summed E-state index contributed by atoms with van der Waals surface area (Å²) in [5.41, 5.74) is 0. The normalized spacial score (nSPS) is 39.2. The molecule has 90 valence electrons. The van der Waals surface area contributed by atoms with Gasteiger partial charge in [0.1, 0.15) is 6.10 Å². The molecule has 0 amide bonds. The average molecular weight is 223 g/mol. The molecule has 3 unspecified atom stereocenters. The van der Waals surface area contributed by atoms with Crippen molar-refractivity contribution in [3.63, 3.8) is 0 Å². The predicted molar refractivity (Wildman–Crippen MR) is 63.0 cm³/mol. The van der Waals surface area contributed by atoms with E-state index in [4.69, 9.17) is 4.74 Å². The SMILES string of the molecule is C/C=C/C(=O)O[C@H]1CC2CCC(C1C)N2C. The lowest BCUT2D eigenvalue weighted by molar-refractivity contribution is -0.150. The van der Waals surface area contributed by atoms with Gasteiger partial charge >= 0.3 is 5.97 Å². The molecule has 0 N–H and O–H groups in total. The molecule has 0 aromatic heterocycles. The van der Waals surface area contributed by atoms with Gasteiger partial charge in [-0.2, -0.15) is 0 Å². The van der Waals surface area contributed by atoms with E-state index in [2.05, 4.69) is 18.9 Å². The summed E-state index contributed by atoms with van der Waals surface area (Å²) in [6.07, 6.45) is 6.85. The Bertz CT molecular complexity index is 300. The second kappa shape index (κ2) is 4.58. The number of nitrogens with zero attached hydrogens (tertiary/aromatic N) is 1. The molecule has 2 fully saturated rings. The molecule has 2 aliphatic heterocycles. The minimum Gasteiger partial charge on any atom is -0.459 e. The van der Waals surface area contributed by atoms with E-state index in [0.29, 0.717) is 18.0 Å². The van der Waals surface area contributed by atoms with Crippen molar-refractivity contribution in [1.29, 1.82) is 0 Å². The highest BCUT2D eigenvalue weighted by Gasteiger charge is 2.44. The van der Waals surface area contributed by atoms with Gasteiger partial charge in [-0.05, 0) is 26.8 Å². The largest absolute Gasteiger partial charge is 0.459 e. The summed E-state index contributed by atoms with van der Waals surface area (Å²) in [4.78, 5) is 13.9. The zero-order valence-electron chi connectivity index (χ0n) is 10.3. The Kier molecular flexibility index (Phi) is 3.33. The third kappa shape index (κ3) is 2.01. The highest BCUT2D eigenvalue weighted by atomic mass is 16.5. The predicted octanol–water partition coefficient (Wildman–Crippen LogP) is 1.98. The summed E-state index contributed by atoms with van der Waals surface area (Å²) < 4.78 is 5.52. The maximum absolute atomic E-state index is 11.4. The first kappa shape index (κ1) is 11.6. The topological polar surface area (TPSA) is 29.5 Å². The van der Waals surface area contributed by atoms with Crippen LogP contribution in [0.1, 0.15) is 33.1 Å². The van der Waals surface area contributed by atoms with Crippen molar-refractivity contribution in [2.75, 3.05) is 7.05 Å². The van der Waals surface area contributed by atoms with Crippen LogP contribution in [0.25, 0.3) is 0 Å². The number of hydrogen-bond acceptors (Lipinski definition) is 3. The van der Waals surface area contributed by atoms with Crippen molar-refractivity contribution in [3.8, 4) is 0 Å². The van der Waals surface area contributed by atoms with Crippen LogP contribution >= 0.6 is 0 Å². The second-order valence-electron chi connectivity index (χ2n) is 5.03. The lowest BCUT2D eigenvalue weighted by Crippen LogP contribution is -2.49. The van der Waals surface area contributed by atoms with Gasteiger partial charge < -0.3 is 4.74 Å². The van der Waals surface area contributed by atoms with Crippen molar-refractivity contribution in [2.24, 2.45) is 5.92 Å². The van der Waals surface area contributed by atoms with Crippen LogP contribution in [0.2, 0.25) is 0 Å². The molecule has 0 aromatic carbocycles. The fourth-order valence-electron chi connectivity index (χ4n) is 3.17. The molecule has 2 aliphatic rings. The first-order chi connectivity index (χ1) is 7.63. The number of rotatable bonds is 2. The summed E-state index contributed by atoms with van der Waals surface area (Å²) in [5, 5.41) is 0. The minimum atomic E-state index is -0.191. The number of allylic oxidation sites excluding steroid dienone is 1. The lowest BCUT2D eigenvalue weighted by atomic mass is 9.89. The molecule has 0 aromatic rings. The fourth-order valence-corrected chi connectivity index (χ4v) is 3.17. The van der Waals surface area contributed by atoms with Crippen molar-refractivity contribution in [2.45, 2.75) is 51.3 Å². The highest BCUT2D eigenvalue weighted by Crippen LogP contribution is 2.39. The van der Waals surface area contributed by atoms with Gasteiger partial charge in [0.25, 0.3) is 0 Å². The monoisotopic (exact) mass is 223 g/mol. The minimum absolute atomic E-state index is 0.109. The van der Waals surface area contributed by atoms with Gasteiger partial charge in [0.05, 0.1) is 0 Å². The standard InChI is InChI=1S/C13H21NO2/c1-4-5-13(15)16-12-8-10-6-7-11(9(12)2)14(10)3/h4-5,9-12H,6-8H2,1-3H3/b5-4+/t9?,10?,11?,12-/m0/s1. The number of fused-ring (bicyclic) bond motifs is 2. The molecule has 0 saturated carbocycles. The summed E-state index contributed by atoms with van der Waals surface area (Å²) in [6, 6.07) is 1.21. The Labute approximate surface area is 97.5 Å². The first-order valence-corrected chi connectivity index (χ1v) is 6.18. The van der Waals surface area contributed by atoms with Crippen molar-refractivity contribution in [3.05, 3.63) is 12.2 Å². The second-order valence-corrected chi connectivity index (χ2v) is 5.03. The molecule has 16 heavy (non-hydrogen) atoms. The quantitative estimate of drug-likeness (QED) is 0.529.